The number of aliphatic carboxylic acids is 1. The molecule has 2 amide bonds. The maximum absolute atomic E-state index is 13.8. The molecule has 2 aromatic rings. The van der Waals surface area contributed by atoms with Crippen LogP contribution in [0.15, 0.2) is 60.7 Å². The SMILES string of the molecule is COc1ccc(CC(N)C(=O)NC(C)C(C)(C)C(=O)N[C@@H](CC(C)(C)C)C(=O)O[C@@H](CC=CC(=O)O)[C@H](C)C=Cc2ccc(CO)cc2)cc1Cl. The van der Waals surface area contributed by atoms with Gasteiger partial charge in [0.05, 0.1) is 30.2 Å². The number of halogens is 1. The average molecular weight is 728 g/mol. The minimum atomic E-state index is -1.17. The van der Waals surface area contributed by atoms with Crippen molar-refractivity contribution in [2.75, 3.05) is 7.11 Å². The molecule has 0 heterocycles. The van der Waals surface area contributed by atoms with E-state index in [0.29, 0.717) is 10.8 Å². The van der Waals surface area contributed by atoms with Crippen LogP contribution >= 0.6 is 11.6 Å². The van der Waals surface area contributed by atoms with Crippen LogP contribution in [-0.4, -0.2) is 65.3 Å². The smallest absolute Gasteiger partial charge is 0.328 e. The largest absolute Gasteiger partial charge is 0.495 e. The van der Waals surface area contributed by atoms with E-state index in [9.17, 15) is 24.3 Å². The van der Waals surface area contributed by atoms with Crippen molar-refractivity contribution in [3.8, 4) is 5.75 Å². The fourth-order valence-electron chi connectivity index (χ4n) is 5.06. The third-order valence-corrected chi connectivity index (χ3v) is 8.97. The first-order valence-corrected chi connectivity index (χ1v) is 17.3. The number of hydrogen-bond donors (Lipinski definition) is 5. The summed E-state index contributed by atoms with van der Waals surface area (Å²) < 4.78 is 11.2. The number of ether oxygens (including phenoxy) is 2. The minimum Gasteiger partial charge on any atom is -0.495 e. The summed E-state index contributed by atoms with van der Waals surface area (Å²) in [6.45, 7) is 12.6. The van der Waals surface area contributed by atoms with Gasteiger partial charge in [-0.1, -0.05) is 87.9 Å². The normalized spacial score (nSPS) is 15.1. The highest BCUT2D eigenvalue weighted by atomic mass is 35.5. The highest BCUT2D eigenvalue weighted by Crippen LogP contribution is 2.28. The summed E-state index contributed by atoms with van der Waals surface area (Å²) in [5, 5.41) is 24.6. The van der Waals surface area contributed by atoms with E-state index in [1.54, 1.807) is 51.1 Å². The van der Waals surface area contributed by atoms with Gasteiger partial charge in [0.15, 0.2) is 0 Å². The molecule has 0 aromatic heterocycles. The van der Waals surface area contributed by atoms with Crippen LogP contribution < -0.4 is 21.1 Å². The summed E-state index contributed by atoms with van der Waals surface area (Å²) in [6, 6.07) is 9.85. The van der Waals surface area contributed by atoms with Gasteiger partial charge in [0, 0.05) is 24.5 Å². The molecule has 51 heavy (non-hydrogen) atoms. The number of esters is 1. The zero-order valence-corrected chi connectivity index (χ0v) is 31.6. The van der Waals surface area contributed by atoms with Crippen LogP contribution in [-0.2, 0) is 36.9 Å². The molecule has 2 rings (SSSR count). The number of nitrogens with one attached hydrogen (secondary N) is 2. The van der Waals surface area contributed by atoms with E-state index in [0.717, 1.165) is 22.8 Å². The summed E-state index contributed by atoms with van der Waals surface area (Å²) in [4.78, 5) is 51.8. The van der Waals surface area contributed by atoms with Crippen LogP contribution in [0.5, 0.6) is 5.75 Å². The number of aliphatic hydroxyl groups is 1. The molecule has 0 aliphatic carbocycles. The molecular formula is C39H54ClN3O8. The Morgan fingerprint density at radius 3 is 2.16 bits per heavy atom. The van der Waals surface area contributed by atoms with Crippen LogP contribution in [0.25, 0.3) is 6.08 Å². The molecule has 0 saturated carbocycles. The van der Waals surface area contributed by atoms with E-state index in [1.165, 1.54) is 13.2 Å². The Labute approximate surface area is 306 Å². The zero-order valence-electron chi connectivity index (χ0n) is 30.9. The first kappa shape index (κ1) is 43.0. The monoisotopic (exact) mass is 727 g/mol. The van der Waals surface area contributed by atoms with Gasteiger partial charge < -0.3 is 36.1 Å². The van der Waals surface area contributed by atoms with E-state index in [1.807, 2.05) is 52.0 Å². The number of amides is 2. The van der Waals surface area contributed by atoms with Gasteiger partial charge >= 0.3 is 11.9 Å². The van der Waals surface area contributed by atoms with Gasteiger partial charge in [-0.25, -0.2) is 9.59 Å². The van der Waals surface area contributed by atoms with Crippen molar-refractivity contribution in [2.24, 2.45) is 22.5 Å². The third-order valence-electron chi connectivity index (χ3n) is 8.68. The number of aliphatic hydroxyl groups excluding tert-OH is 1. The first-order valence-electron chi connectivity index (χ1n) is 16.9. The van der Waals surface area contributed by atoms with Gasteiger partial charge in [-0.3, -0.25) is 9.59 Å². The van der Waals surface area contributed by atoms with Gasteiger partial charge in [-0.2, -0.15) is 0 Å². The lowest BCUT2D eigenvalue weighted by Gasteiger charge is -2.35. The number of methoxy groups -OCH3 is 1. The van der Waals surface area contributed by atoms with Crippen molar-refractivity contribution >= 4 is 41.4 Å². The van der Waals surface area contributed by atoms with E-state index in [2.05, 4.69) is 10.6 Å². The molecule has 280 valence electrons. The molecule has 2 aromatic carbocycles. The van der Waals surface area contributed by atoms with Crippen LogP contribution in [0.3, 0.4) is 0 Å². The minimum absolute atomic E-state index is 0.0685. The van der Waals surface area contributed by atoms with E-state index in [-0.39, 0.29) is 37.2 Å². The number of carbonyl (C=O) groups is 4. The maximum atomic E-state index is 13.8. The molecule has 0 bridgehead atoms. The number of hydrogen-bond acceptors (Lipinski definition) is 8. The Kier molecular flexibility index (Phi) is 16.4. The molecular weight excluding hydrogens is 674 g/mol. The lowest BCUT2D eigenvalue weighted by molar-refractivity contribution is -0.156. The Morgan fingerprint density at radius 1 is 0.980 bits per heavy atom. The molecule has 0 fully saturated rings. The molecule has 0 saturated heterocycles. The molecule has 0 aliphatic heterocycles. The van der Waals surface area contributed by atoms with E-state index >= 15 is 0 Å². The van der Waals surface area contributed by atoms with Gasteiger partial charge in [0.25, 0.3) is 0 Å². The van der Waals surface area contributed by atoms with Crippen molar-refractivity contribution in [3.63, 3.8) is 0 Å². The van der Waals surface area contributed by atoms with Gasteiger partial charge in [0.2, 0.25) is 11.8 Å². The average Bonchev–Trinajstić information content (AvgIpc) is 3.05. The highest BCUT2D eigenvalue weighted by Gasteiger charge is 2.39. The number of nitrogens with two attached hydrogens (primary N) is 1. The first-order chi connectivity index (χ1) is 23.8. The molecule has 2 unspecified atom stereocenters. The van der Waals surface area contributed by atoms with E-state index in [4.69, 9.17) is 31.9 Å². The van der Waals surface area contributed by atoms with E-state index < -0.39 is 53.4 Å². The molecule has 11 nitrogen and oxygen atoms in total. The second-order valence-corrected chi connectivity index (χ2v) is 15.0. The summed E-state index contributed by atoms with van der Waals surface area (Å²) in [5.41, 5.74) is 7.06. The molecule has 0 radical (unpaired) electrons. The Bertz CT molecular complexity index is 1550. The van der Waals surface area contributed by atoms with Crippen LogP contribution in [0.4, 0.5) is 0 Å². The quantitative estimate of drug-likeness (QED) is 0.0987. The van der Waals surface area contributed by atoms with Crippen molar-refractivity contribution in [3.05, 3.63) is 82.4 Å². The molecule has 0 spiro atoms. The maximum Gasteiger partial charge on any atom is 0.328 e. The summed E-state index contributed by atoms with van der Waals surface area (Å²) in [5.74, 6) is -2.54. The molecule has 0 aliphatic rings. The van der Waals surface area contributed by atoms with Crippen LogP contribution in [0, 0.1) is 16.7 Å². The molecule has 5 atom stereocenters. The van der Waals surface area contributed by atoms with Crippen LogP contribution in [0.1, 0.15) is 78.0 Å². The second-order valence-electron chi connectivity index (χ2n) is 14.6. The summed E-state index contributed by atoms with van der Waals surface area (Å²) in [7, 11) is 1.51. The Hall–Kier alpha value is -4.19. The third kappa shape index (κ3) is 14.2. The number of rotatable bonds is 18. The Balaban J connectivity index is 2.20. The highest BCUT2D eigenvalue weighted by molar-refractivity contribution is 6.32. The zero-order chi connectivity index (χ0) is 38.5. The number of carboxylic acids is 1. The summed E-state index contributed by atoms with van der Waals surface area (Å²) in [6.07, 6.45) is 5.99. The number of carbonyl (C=O) groups excluding carboxylic acids is 3. The topological polar surface area (TPSA) is 177 Å². The predicted octanol–water partition coefficient (Wildman–Crippen LogP) is 5.45. The number of carboxylic acid groups (broad SMARTS) is 1. The van der Waals surface area contributed by atoms with Gasteiger partial charge in [0.1, 0.15) is 17.9 Å². The second kappa shape index (κ2) is 19.4. The van der Waals surface area contributed by atoms with Gasteiger partial charge in [-0.15, -0.1) is 0 Å². The Morgan fingerprint density at radius 2 is 1.61 bits per heavy atom. The standard InChI is InChI=1S/C39H54ClN3O8/c1-24(12-13-26-14-16-27(23-44)17-15-26)32(10-9-11-34(45)46)51-36(48)31(22-38(3,4)5)43-37(49)39(6,7)25(2)42-35(47)30(41)21-28-18-19-33(50-8)29(40)20-28/h9,11-20,24-25,30-32,44H,10,21-23,41H2,1-8H3,(H,42,47)(H,43,49)(H,45,46)/t24-,25?,30?,31+,32+/m1/s1. The molecule has 12 heteroatoms. The fourth-order valence-corrected chi connectivity index (χ4v) is 5.34. The number of benzene rings is 2. The van der Waals surface area contributed by atoms with Crippen molar-refractivity contribution in [1.82, 2.24) is 10.6 Å². The lowest BCUT2D eigenvalue weighted by Crippen LogP contribution is -2.57. The van der Waals surface area contributed by atoms with Crippen molar-refractivity contribution in [2.45, 2.75) is 98.6 Å². The van der Waals surface area contributed by atoms with Crippen molar-refractivity contribution in [1.29, 1.82) is 0 Å². The van der Waals surface area contributed by atoms with Crippen molar-refractivity contribution < 1.29 is 38.9 Å². The predicted molar refractivity (Wildman–Crippen MR) is 199 cm³/mol. The van der Waals surface area contributed by atoms with Crippen LogP contribution in [0.2, 0.25) is 5.02 Å². The molecule has 6 N–H and O–H groups in total. The van der Waals surface area contributed by atoms with Gasteiger partial charge in [-0.05, 0) is 67.9 Å². The lowest BCUT2D eigenvalue weighted by atomic mass is 9.82. The summed E-state index contributed by atoms with van der Waals surface area (Å²) >= 11 is 6.22. The fraction of sp³-hybridized carbons (Fsp3) is 0.487.